The normalized spacial score (nSPS) is 10.3. The molecule has 0 radical (unpaired) electrons. The van der Waals surface area contributed by atoms with Crippen molar-refractivity contribution in [3.05, 3.63) is 76.7 Å². The van der Waals surface area contributed by atoms with E-state index in [1.54, 1.807) is 30.4 Å². The molecule has 23 heavy (non-hydrogen) atoms. The lowest BCUT2D eigenvalue weighted by Gasteiger charge is -2.17. The van der Waals surface area contributed by atoms with Crippen LogP contribution in [0.1, 0.15) is 15.2 Å². The first-order chi connectivity index (χ1) is 11.3. The maximum Gasteiger partial charge on any atom is 0.271 e. The van der Waals surface area contributed by atoms with Gasteiger partial charge in [0.1, 0.15) is 17.2 Å². The van der Waals surface area contributed by atoms with Crippen molar-refractivity contribution in [1.29, 1.82) is 0 Å². The summed E-state index contributed by atoms with van der Waals surface area (Å²) in [5.74, 6) is 0.510. The number of aromatic nitrogens is 1. The van der Waals surface area contributed by atoms with Crippen molar-refractivity contribution >= 4 is 22.9 Å². The van der Waals surface area contributed by atoms with Crippen LogP contribution in [0.2, 0.25) is 0 Å². The molecule has 4 nitrogen and oxygen atoms in total. The molecule has 0 aliphatic heterocycles. The lowest BCUT2D eigenvalue weighted by atomic mass is 10.2. The molecule has 0 fully saturated rings. The summed E-state index contributed by atoms with van der Waals surface area (Å²) >= 11 is 1.38. The van der Waals surface area contributed by atoms with Gasteiger partial charge in [-0.3, -0.25) is 9.78 Å². The third-order valence-electron chi connectivity index (χ3n) is 3.40. The number of thiophene rings is 1. The zero-order valence-corrected chi connectivity index (χ0v) is 13.5. The summed E-state index contributed by atoms with van der Waals surface area (Å²) in [6.45, 7) is 0.439. The Morgan fingerprint density at radius 1 is 1.17 bits per heavy atom. The average molecular weight is 324 g/mol. The van der Waals surface area contributed by atoms with Crippen molar-refractivity contribution in [2.45, 2.75) is 6.61 Å². The quantitative estimate of drug-likeness (QED) is 0.712. The van der Waals surface area contributed by atoms with Gasteiger partial charge in [-0.25, -0.2) is 0 Å². The molecule has 2 aromatic heterocycles. The highest BCUT2D eigenvalue weighted by atomic mass is 32.1. The number of nitrogens with zero attached hydrogens (tertiary/aromatic N) is 2. The number of carbonyl (C=O) groups is 1. The Balaban J connectivity index is 1.74. The molecule has 0 aliphatic rings. The summed E-state index contributed by atoms with van der Waals surface area (Å²) < 4.78 is 5.82. The smallest absolute Gasteiger partial charge is 0.271 e. The van der Waals surface area contributed by atoms with Crippen LogP contribution in [0.3, 0.4) is 0 Å². The minimum atomic E-state index is -0.101. The highest BCUT2D eigenvalue weighted by molar-refractivity contribution is 7.12. The van der Waals surface area contributed by atoms with Gasteiger partial charge in [0.2, 0.25) is 0 Å². The van der Waals surface area contributed by atoms with Crippen LogP contribution in [0.5, 0.6) is 5.75 Å². The topological polar surface area (TPSA) is 42.4 Å². The fourth-order valence-corrected chi connectivity index (χ4v) is 2.93. The molecule has 0 aliphatic carbocycles. The minimum absolute atomic E-state index is 0.101. The first-order valence-corrected chi connectivity index (χ1v) is 8.06. The third kappa shape index (κ3) is 3.57. The highest BCUT2D eigenvalue weighted by Crippen LogP contribution is 2.28. The molecule has 2 heterocycles. The Hall–Kier alpha value is -2.66. The molecule has 116 valence electrons. The van der Waals surface area contributed by atoms with Crippen LogP contribution in [0.15, 0.2) is 66.3 Å². The highest BCUT2D eigenvalue weighted by Gasteiger charge is 2.19. The Kier molecular flexibility index (Phi) is 4.68. The maximum absolute atomic E-state index is 12.7. The molecule has 3 aromatic rings. The SMILES string of the molecule is CN(C(=O)c1sccc1OCc1ccccc1)c1cccnc1. The van der Waals surface area contributed by atoms with Crippen LogP contribution < -0.4 is 9.64 Å². The van der Waals surface area contributed by atoms with Gasteiger partial charge in [0.15, 0.2) is 0 Å². The van der Waals surface area contributed by atoms with Gasteiger partial charge in [-0.05, 0) is 29.1 Å². The van der Waals surface area contributed by atoms with Crippen molar-refractivity contribution in [1.82, 2.24) is 4.98 Å². The summed E-state index contributed by atoms with van der Waals surface area (Å²) in [6.07, 6.45) is 3.34. The molecule has 0 saturated heterocycles. The van der Waals surface area contributed by atoms with Crippen LogP contribution in [0.25, 0.3) is 0 Å². The van der Waals surface area contributed by atoms with E-state index in [0.29, 0.717) is 17.2 Å². The lowest BCUT2D eigenvalue weighted by molar-refractivity contribution is 0.0993. The molecule has 3 rings (SSSR count). The van der Waals surface area contributed by atoms with Gasteiger partial charge in [-0.1, -0.05) is 30.3 Å². The Labute approximate surface area is 139 Å². The summed E-state index contributed by atoms with van der Waals surface area (Å²) in [7, 11) is 1.74. The fourth-order valence-electron chi connectivity index (χ4n) is 2.12. The number of hydrogen-bond acceptors (Lipinski definition) is 4. The Morgan fingerprint density at radius 3 is 2.74 bits per heavy atom. The van der Waals surface area contributed by atoms with Crippen LogP contribution in [0, 0.1) is 0 Å². The van der Waals surface area contributed by atoms with Gasteiger partial charge in [-0.2, -0.15) is 0 Å². The minimum Gasteiger partial charge on any atom is -0.487 e. The summed E-state index contributed by atoms with van der Waals surface area (Å²) in [6, 6.07) is 15.4. The summed E-state index contributed by atoms with van der Waals surface area (Å²) in [5.41, 5.74) is 1.82. The van der Waals surface area contributed by atoms with Gasteiger partial charge in [0, 0.05) is 13.2 Å². The van der Waals surface area contributed by atoms with E-state index in [1.807, 2.05) is 47.8 Å². The number of anilines is 1. The zero-order chi connectivity index (χ0) is 16.1. The largest absolute Gasteiger partial charge is 0.487 e. The molecule has 0 saturated carbocycles. The van der Waals surface area contributed by atoms with Crippen molar-refractivity contribution in [2.24, 2.45) is 0 Å². The molecule has 0 atom stereocenters. The van der Waals surface area contributed by atoms with Crippen molar-refractivity contribution in [3.63, 3.8) is 0 Å². The number of pyridine rings is 1. The second-order valence-corrected chi connectivity index (χ2v) is 5.88. The van der Waals surface area contributed by atoms with Crippen molar-refractivity contribution in [2.75, 3.05) is 11.9 Å². The second kappa shape index (κ2) is 7.07. The first-order valence-electron chi connectivity index (χ1n) is 7.18. The number of rotatable bonds is 5. The lowest BCUT2D eigenvalue weighted by Crippen LogP contribution is -2.25. The molecular formula is C18H16N2O2S. The van der Waals surface area contributed by atoms with E-state index in [1.165, 1.54) is 11.3 Å². The van der Waals surface area contributed by atoms with Gasteiger partial charge >= 0.3 is 0 Å². The van der Waals surface area contributed by atoms with E-state index in [4.69, 9.17) is 4.74 Å². The first kappa shape index (κ1) is 15.2. The van der Waals surface area contributed by atoms with Crippen LogP contribution in [-0.4, -0.2) is 17.9 Å². The van der Waals surface area contributed by atoms with Gasteiger partial charge in [0.25, 0.3) is 5.91 Å². The number of benzene rings is 1. The molecule has 0 spiro atoms. The number of carbonyl (C=O) groups excluding carboxylic acids is 1. The van der Waals surface area contributed by atoms with E-state index in [-0.39, 0.29) is 5.91 Å². The third-order valence-corrected chi connectivity index (χ3v) is 4.28. The van der Waals surface area contributed by atoms with Crippen molar-refractivity contribution < 1.29 is 9.53 Å². The van der Waals surface area contributed by atoms with Gasteiger partial charge in [-0.15, -0.1) is 11.3 Å². The predicted octanol–water partition coefficient (Wildman–Crippen LogP) is 4.00. The molecule has 0 unspecified atom stereocenters. The Morgan fingerprint density at radius 2 is 2.00 bits per heavy atom. The van der Waals surface area contributed by atoms with E-state index in [0.717, 1.165) is 11.3 Å². The van der Waals surface area contributed by atoms with Crippen molar-refractivity contribution in [3.8, 4) is 5.75 Å². The monoisotopic (exact) mass is 324 g/mol. The number of amides is 1. The summed E-state index contributed by atoms with van der Waals surface area (Å²) in [5, 5.41) is 1.87. The van der Waals surface area contributed by atoms with Gasteiger partial charge < -0.3 is 9.64 Å². The molecule has 0 N–H and O–H groups in total. The van der Waals surface area contributed by atoms with Crippen LogP contribution in [-0.2, 0) is 6.61 Å². The number of hydrogen-bond donors (Lipinski definition) is 0. The average Bonchev–Trinajstić information content (AvgIpc) is 3.09. The van der Waals surface area contributed by atoms with Crippen LogP contribution in [0.4, 0.5) is 5.69 Å². The van der Waals surface area contributed by atoms with E-state index in [2.05, 4.69) is 4.98 Å². The van der Waals surface area contributed by atoms with E-state index in [9.17, 15) is 4.79 Å². The standard InChI is InChI=1S/C18H16N2O2S/c1-20(15-8-5-10-19-12-15)18(21)17-16(9-11-23-17)22-13-14-6-3-2-4-7-14/h2-12H,13H2,1H3. The maximum atomic E-state index is 12.7. The van der Waals surface area contributed by atoms with Crippen LogP contribution >= 0.6 is 11.3 Å². The fraction of sp³-hybridized carbons (Fsp3) is 0.111. The molecule has 5 heteroatoms. The van der Waals surface area contributed by atoms with E-state index >= 15 is 0 Å². The molecule has 1 aromatic carbocycles. The van der Waals surface area contributed by atoms with Gasteiger partial charge in [0.05, 0.1) is 11.9 Å². The molecule has 1 amide bonds. The second-order valence-electron chi connectivity index (χ2n) is 4.96. The van der Waals surface area contributed by atoms with E-state index < -0.39 is 0 Å². The molecular weight excluding hydrogens is 308 g/mol. The molecule has 0 bridgehead atoms. The number of ether oxygens (including phenoxy) is 1. The predicted molar refractivity (Wildman–Crippen MR) is 92.1 cm³/mol. The zero-order valence-electron chi connectivity index (χ0n) is 12.7. The summed E-state index contributed by atoms with van der Waals surface area (Å²) in [4.78, 5) is 18.9. The Bertz CT molecular complexity index is 772.